The number of aryl methyl sites for hydroxylation is 1. The first-order valence-corrected chi connectivity index (χ1v) is 8.59. The van der Waals surface area contributed by atoms with Gasteiger partial charge >= 0.3 is 0 Å². The quantitative estimate of drug-likeness (QED) is 0.519. The highest BCUT2D eigenvalue weighted by Crippen LogP contribution is 2.28. The lowest BCUT2D eigenvalue weighted by Crippen LogP contribution is -3.00. The molecule has 2 heteroatoms. The highest BCUT2D eigenvalue weighted by molar-refractivity contribution is 5.50. The predicted octanol–water partition coefficient (Wildman–Crippen LogP) is 2.58. The lowest BCUT2D eigenvalue weighted by molar-refractivity contribution is -0.00000489. The molecule has 0 saturated carbocycles. The molecule has 0 spiro atoms. The smallest absolute Gasteiger partial charge is 0.135 e. The summed E-state index contributed by atoms with van der Waals surface area (Å²) in [4.78, 5) is 0. The molecule has 0 aromatic heterocycles. The number of benzene rings is 2. The third-order valence-electron chi connectivity index (χ3n) is 4.36. The van der Waals surface area contributed by atoms with Crippen LogP contribution in [0, 0.1) is 0 Å². The van der Waals surface area contributed by atoms with Crippen LogP contribution in [0.1, 0.15) is 43.7 Å². The van der Waals surface area contributed by atoms with Gasteiger partial charge < -0.3 is 4.70 Å². The molecule has 0 aliphatic carbocycles. The maximum Gasteiger partial charge on any atom is 0.135 e. The lowest BCUT2D eigenvalue weighted by atomic mass is 10.0. The number of halogens is 1. The highest BCUT2D eigenvalue weighted by Gasteiger charge is 2.22. The van der Waals surface area contributed by atoms with E-state index in [9.17, 15) is 0 Å². The van der Waals surface area contributed by atoms with Gasteiger partial charge in [-0.1, -0.05) is 74.7 Å². The zero-order chi connectivity index (χ0) is 15.8. The van der Waals surface area contributed by atoms with Crippen LogP contribution in [-0.2, 0) is 13.0 Å². The van der Waals surface area contributed by atoms with Gasteiger partial charge in [0.25, 0.3) is 0 Å². The van der Waals surface area contributed by atoms with Crippen molar-refractivity contribution < 1.29 is 4.70 Å². The lowest BCUT2D eigenvalue weighted by Gasteiger charge is -2.31. The standard InChI is InChI=1S/C21H30N.FH/c1-4-5-6-10-15-20-16-11-12-17-21(20)22(2,3)18-19-13-8-7-9-14-19;/h7-9,11-14,16-17H,4-6,10,15,18H2,1-3H3;1H/q+1;/p-1. The molecule has 2 aromatic carbocycles. The summed E-state index contributed by atoms with van der Waals surface area (Å²) >= 11 is 0. The summed E-state index contributed by atoms with van der Waals surface area (Å²) in [7, 11) is 4.63. The van der Waals surface area contributed by atoms with Crippen LogP contribution in [0.5, 0.6) is 0 Å². The number of hydrogen-bond donors (Lipinski definition) is 0. The van der Waals surface area contributed by atoms with E-state index >= 15 is 0 Å². The van der Waals surface area contributed by atoms with Gasteiger partial charge in [-0.15, -0.1) is 0 Å². The Balaban J connectivity index is 0.00000264. The largest absolute Gasteiger partial charge is 1.00 e. The fourth-order valence-electron chi connectivity index (χ4n) is 3.18. The molecule has 0 unspecified atom stereocenters. The van der Waals surface area contributed by atoms with E-state index in [1.54, 1.807) is 0 Å². The molecule has 0 atom stereocenters. The van der Waals surface area contributed by atoms with E-state index in [2.05, 4.69) is 75.6 Å². The normalized spacial score (nSPS) is 11.1. The zero-order valence-electron chi connectivity index (χ0n) is 14.8. The van der Waals surface area contributed by atoms with Crippen molar-refractivity contribution in [3.05, 3.63) is 65.7 Å². The average molecular weight is 315 g/mol. The molecule has 0 fully saturated rings. The number of rotatable bonds is 8. The van der Waals surface area contributed by atoms with Crippen LogP contribution >= 0.6 is 0 Å². The molecule has 1 nitrogen and oxygen atoms in total. The summed E-state index contributed by atoms with van der Waals surface area (Å²) in [6.45, 7) is 3.31. The van der Waals surface area contributed by atoms with Gasteiger partial charge in [0.05, 0.1) is 14.1 Å². The van der Waals surface area contributed by atoms with Crippen molar-refractivity contribution >= 4 is 5.69 Å². The van der Waals surface area contributed by atoms with Crippen molar-refractivity contribution in [2.45, 2.75) is 45.6 Å². The fourth-order valence-corrected chi connectivity index (χ4v) is 3.18. The Labute approximate surface area is 140 Å². The van der Waals surface area contributed by atoms with Crippen LogP contribution in [0.2, 0.25) is 0 Å². The summed E-state index contributed by atoms with van der Waals surface area (Å²) < 4.78 is 0.911. The van der Waals surface area contributed by atoms with E-state index in [0.717, 1.165) is 11.0 Å². The summed E-state index contributed by atoms with van der Waals surface area (Å²) in [5.41, 5.74) is 4.37. The highest BCUT2D eigenvalue weighted by atomic mass is 19.0. The van der Waals surface area contributed by atoms with Gasteiger partial charge in [-0.3, -0.25) is 4.48 Å². The van der Waals surface area contributed by atoms with E-state index in [1.165, 1.54) is 48.9 Å². The molecule has 0 aliphatic rings. The minimum Gasteiger partial charge on any atom is -1.00 e. The zero-order valence-corrected chi connectivity index (χ0v) is 14.8. The Morgan fingerprint density at radius 1 is 0.783 bits per heavy atom. The second-order valence-corrected chi connectivity index (χ2v) is 6.77. The predicted molar refractivity (Wildman–Crippen MR) is 98.1 cm³/mol. The van der Waals surface area contributed by atoms with E-state index in [1.807, 2.05) is 0 Å². The minimum atomic E-state index is 0. The van der Waals surface area contributed by atoms with Crippen molar-refractivity contribution in [3.63, 3.8) is 0 Å². The first-order valence-electron chi connectivity index (χ1n) is 8.59. The Kier molecular flexibility index (Phi) is 7.97. The molecule has 2 rings (SSSR count). The Bertz CT molecular complexity index is 563. The van der Waals surface area contributed by atoms with Crippen molar-refractivity contribution in [1.82, 2.24) is 4.48 Å². The number of para-hydroxylation sites is 1. The van der Waals surface area contributed by atoms with Gasteiger partial charge in [0, 0.05) is 11.1 Å². The van der Waals surface area contributed by atoms with Crippen LogP contribution < -0.4 is 9.19 Å². The number of quaternary nitrogens is 1. The van der Waals surface area contributed by atoms with E-state index in [-0.39, 0.29) is 4.70 Å². The van der Waals surface area contributed by atoms with Crippen LogP contribution in [0.3, 0.4) is 0 Å². The maximum absolute atomic E-state index is 2.32. The third kappa shape index (κ3) is 5.80. The molecule has 0 saturated heterocycles. The summed E-state index contributed by atoms with van der Waals surface area (Å²) in [6.07, 6.45) is 6.50. The van der Waals surface area contributed by atoms with Crippen molar-refractivity contribution in [3.8, 4) is 0 Å². The van der Waals surface area contributed by atoms with Crippen molar-refractivity contribution in [2.75, 3.05) is 14.1 Å². The van der Waals surface area contributed by atoms with Crippen LogP contribution in [-0.4, -0.2) is 14.1 Å². The van der Waals surface area contributed by atoms with Crippen LogP contribution in [0.15, 0.2) is 54.6 Å². The van der Waals surface area contributed by atoms with Gasteiger partial charge in [-0.25, -0.2) is 0 Å². The molecular weight excluding hydrogens is 285 g/mol. The first kappa shape index (κ1) is 19.4. The molecule has 2 aromatic rings. The molecule has 23 heavy (non-hydrogen) atoms. The molecule has 0 bridgehead atoms. The fraction of sp³-hybridized carbons (Fsp3) is 0.429. The Hall–Kier alpha value is -1.67. The van der Waals surface area contributed by atoms with Gasteiger partial charge in [0.1, 0.15) is 12.2 Å². The van der Waals surface area contributed by atoms with E-state index < -0.39 is 0 Å². The average Bonchev–Trinajstić information content (AvgIpc) is 2.52. The molecule has 0 aliphatic heterocycles. The summed E-state index contributed by atoms with van der Waals surface area (Å²) in [5.74, 6) is 0. The summed E-state index contributed by atoms with van der Waals surface area (Å²) in [5, 5.41) is 0. The molecular formula is C21H30FN. The summed E-state index contributed by atoms with van der Waals surface area (Å²) in [6, 6.07) is 19.8. The first-order chi connectivity index (χ1) is 10.6. The van der Waals surface area contributed by atoms with Gasteiger partial charge in [-0.05, 0) is 18.9 Å². The number of unbranched alkanes of at least 4 members (excludes halogenated alkanes) is 3. The SMILES string of the molecule is CCCCCCc1ccccc1[N+](C)(C)Cc1ccccc1.[F-]. The maximum atomic E-state index is 2.32. The molecule has 0 amide bonds. The van der Waals surface area contributed by atoms with E-state index in [4.69, 9.17) is 0 Å². The third-order valence-corrected chi connectivity index (χ3v) is 4.36. The molecule has 0 radical (unpaired) electrons. The van der Waals surface area contributed by atoms with Gasteiger partial charge in [0.15, 0.2) is 0 Å². The second-order valence-electron chi connectivity index (χ2n) is 6.77. The monoisotopic (exact) mass is 315 g/mol. The topological polar surface area (TPSA) is 0 Å². The number of nitrogens with zero attached hydrogens (tertiary/aromatic N) is 1. The van der Waals surface area contributed by atoms with Crippen LogP contribution in [0.4, 0.5) is 5.69 Å². The van der Waals surface area contributed by atoms with Crippen molar-refractivity contribution in [2.24, 2.45) is 0 Å². The van der Waals surface area contributed by atoms with E-state index in [0.29, 0.717) is 0 Å². The van der Waals surface area contributed by atoms with Gasteiger partial charge in [-0.2, -0.15) is 0 Å². The molecule has 0 N–H and O–H groups in total. The Morgan fingerprint density at radius 2 is 1.43 bits per heavy atom. The Morgan fingerprint density at radius 3 is 2.13 bits per heavy atom. The minimum absolute atomic E-state index is 0. The molecule has 0 heterocycles. The molecule has 126 valence electrons. The second kappa shape index (κ2) is 9.46. The number of hydrogen-bond acceptors (Lipinski definition) is 0. The van der Waals surface area contributed by atoms with Crippen LogP contribution in [0.25, 0.3) is 0 Å². The van der Waals surface area contributed by atoms with Gasteiger partial charge in [0.2, 0.25) is 0 Å². The van der Waals surface area contributed by atoms with Crippen molar-refractivity contribution in [1.29, 1.82) is 0 Å².